The second-order valence-corrected chi connectivity index (χ2v) is 9.60. The lowest BCUT2D eigenvalue weighted by Crippen LogP contribution is -2.29. The molecule has 2 aromatic rings. The van der Waals surface area contributed by atoms with Gasteiger partial charge in [-0.3, -0.25) is 0 Å². The highest BCUT2D eigenvalue weighted by molar-refractivity contribution is 9.10. The number of nitrogens with zero attached hydrogens (tertiary/aromatic N) is 1. The minimum atomic E-state index is -5.07. The molecule has 2 aromatic carbocycles. The normalized spacial score (nSPS) is 18.2. The monoisotopic (exact) mass is 446 g/mol. The van der Waals surface area contributed by atoms with E-state index in [1.807, 2.05) is 24.1 Å². The number of anilines is 1. The highest BCUT2D eigenvalue weighted by Crippen LogP contribution is 2.49. The van der Waals surface area contributed by atoms with Crippen molar-refractivity contribution < 1.29 is 17.4 Å². The number of halogens is 4. The summed E-state index contributed by atoms with van der Waals surface area (Å²) in [6, 6.07) is 13.4. The van der Waals surface area contributed by atoms with E-state index in [1.54, 1.807) is 0 Å². The number of benzene rings is 2. The molecule has 0 heterocycles. The minimum absolute atomic E-state index is 0.0586. The predicted octanol–water partition coefficient (Wildman–Crippen LogP) is 5.54. The van der Waals surface area contributed by atoms with E-state index in [2.05, 4.69) is 28.1 Å². The van der Waals surface area contributed by atoms with Crippen molar-refractivity contribution in [2.24, 2.45) is 0 Å². The molecule has 26 heavy (non-hydrogen) atoms. The molecule has 1 aliphatic carbocycles. The van der Waals surface area contributed by atoms with Crippen molar-refractivity contribution in [3.05, 3.63) is 58.6 Å². The average molecular weight is 447 g/mol. The Morgan fingerprint density at radius 2 is 1.65 bits per heavy atom. The number of alkyl halides is 3. The van der Waals surface area contributed by atoms with E-state index < -0.39 is 20.1 Å². The molecule has 3 nitrogen and oxygen atoms in total. The van der Waals surface area contributed by atoms with Crippen LogP contribution in [0.2, 0.25) is 0 Å². The first kappa shape index (κ1) is 19.2. The van der Waals surface area contributed by atoms with Gasteiger partial charge in [0.05, 0.1) is 4.90 Å². The molecule has 1 unspecified atom stereocenters. The summed E-state index contributed by atoms with van der Waals surface area (Å²) in [5.41, 5.74) is -3.03. The molecule has 1 atom stereocenters. The van der Waals surface area contributed by atoms with Gasteiger partial charge < -0.3 is 4.90 Å². The summed E-state index contributed by atoms with van der Waals surface area (Å²) < 4.78 is 58.1. The first-order valence-electron chi connectivity index (χ1n) is 7.98. The first-order valence-corrected chi connectivity index (χ1v) is 10.3. The fraction of sp³-hybridized carbons (Fsp3) is 0.333. The van der Waals surface area contributed by atoms with Gasteiger partial charge in [0.25, 0.3) is 0 Å². The van der Waals surface area contributed by atoms with E-state index in [1.165, 1.54) is 17.7 Å². The molecule has 0 radical (unpaired) electrons. The van der Waals surface area contributed by atoms with E-state index >= 15 is 0 Å². The lowest BCUT2D eigenvalue weighted by atomic mass is 9.95. The number of hydrogen-bond donors (Lipinski definition) is 1. The molecule has 0 aliphatic heterocycles. The molecule has 3 rings (SSSR count). The Morgan fingerprint density at radius 3 is 2.12 bits per heavy atom. The van der Waals surface area contributed by atoms with Crippen LogP contribution in [-0.2, 0) is 15.1 Å². The fourth-order valence-electron chi connectivity index (χ4n) is 3.06. The standard InChI is InChI=1S/C18H18BrF3N2OS/c1-24(12-17(10-11-17)13-2-4-14(19)5-3-13)15-6-8-16(9-7-15)26(23,25)18(20,21)22/h2-9,23H,10-12H2,1H3. The molecule has 0 amide bonds. The average Bonchev–Trinajstić information content (AvgIpc) is 3.35. The molecule has 1 fully saturated rings. The van der Waals surface area contributed by atoms with Crippen molar-refractivity contribution in [3.63, 3.8) is 0 Å². The maximum Gasteiger partial charge on any atom is 0.483 e. The van der Waals surface area contributed by atoms with Crippen molar-refractivity contribution >= 4 is 31.3 Å². The van der Waals surface area contributed by atoms with Crippen LogP contribution < -0.4 is 4.90 Å². The maximum absolute atomic E-state index is 12.7. The van der Waals surface area contributed by atoms with Gasteiger partial charge in [0, 0.05) is 29.2 Å². The third-order valence-corrected chi connectivity index (χ3v) is 6.90. The van der Waals surface area contributed by atoms with Crippen LogP contribution in [-0.4, -0.2) is 23.3 Å². The molecule has 8 heteroatoms. The molecule has 1 aliphatic rings. The third-order valence-electron chi connectivity index (χ3n) is 4.79. The molecular formula is C18H18BrF3N2OS. The number of likely N-dealkylation sites (N-methyl/N-ethyl adjacent to an activating group) is 1. The van der Waals surface area contributed by atoms with E-state index in [9.17, 15) is 17.4 Å². The smallest absolute Gasteiger partial charge is 0.374 e. The molecule has 0 bridgehead atoms. The minimum Gasteiger partial charge on any atom is -0.374 e. The summed E-state index contributed by atoms with van der Waals surface area (Å²) in [6.45, 7) is 0.740. The Balaban J connectivity index is 1.77. The number of nitrogens with one attached hydrogen (secondary N) is 1. The third kappa shape index (κ3) is 3.62. The number of rotatable bonds is 5. The second kappa shape index (κ2) is 6.56. The summed E-state index contributed by atoms with van der Waals surface area (Å²) in [4.78, 5) is 1.47. The maximum atomic E-state index is 12.7. The van der Waals surface area contributed by atoms with Crippen LogP contribution in [0.25, 0.3) is 0 Å². The lowest BCUT2D eigenvalue weighted by Gasteiger charge is -2.26. The van der Waals surface area contributed by atoms with Crippen molar-refractivity contribution in [2.45, 2.75) is 28.7 Å². The van der Waals surface area contributed by atoms with Gasteiger partial charge in [-0.1, -0.05) is 28.1 Å². The fourth-order valence-corrected chi connectivity index (χ4v) is 4.11. The van der Waals surface area contributed by atoms with Crippen LogP contribution in [0.15, 0.2) is 57.9 Å². The summed E-state index contributed by atoms with van der Waals surface area (Å²) in [6.07, 6.45) is 2.12. The van der Waals surface area contributed by atoms with Crippen LogP contribution in [0.3, 0.4) is 0 Å². The molecule has 0 saturated heterocycles. The van der Waals surface area contributed by atoms with E-state index in [-0.39, 0.29) is 5.41 Å². The topological polar surface area (TPSA) is 44.2 Å². The largest absolute Gasteiger partial charge is 0.483 e. The van der Waals surface area contributed by atoms with E-state index in [0.29, 0.717) is 0 Å². The SMILES string of the molecule is CN(CC1(c2ccc(Br)cc2)CC1)c1ccc(S(=N)(=O)C(F)(F)F)cc1. The highest BCUT2D eigenvalue weighted by atomic mass is 79.9. The van der Waals surface area contributed by atoms with Crippen molar-refractivity contribution in [3.8, 4) is 0 Å². The quantitative estimate of drug-likeness (QED) is 0.654. The van der Waals surface area contributed by atoms with Crippen LogP contribution >= 0.6 is 15.9 Å². The van der Waals surface area contributed by atoms with Crippen molar-refractivity contribution in [1.29, 1.82) is 4.78 Å². The Hall–Kier alpha value is -1.54. The van der Waals surface area contributed by atoms with E-state index in [0.717, 1.165) is 41.7 Å². The second-order valence-electron chi connectivity index (χ2n) is 6.64. The molecule has 140 valence electrons. The molecule has 1 saturated carbocycles. The van der Waals surface area contributed by atoms with Gasteiger partial charge in [0.15, 0.2) is 9.73 Å². The van der Waals surface area contributed by atoms with Gasteiger partial charge in [-0.05, 0) is 54.8 Å². The summed E-state index contributed by atoms with van der Waals surface area (Å²) >= 11 is 3.43. The zero-order valence-electron chi connectivity index (χ0n) is 14.0. The van der Waals surface area contributed by atoms with Crippen molar-refractivity contribution in [1.82, 2.24) is 0 Å². The zero-order valence-corrected chi connectivity index (χ0v) is 16.4. The zero-order chi connectivity index (χ0) is 19.2. The Morgan fingerprint density at radius 1 is 1.12 bits per heavy atom. The number of hydrogen-bond acceptors (Lipinski definition) is 3. The van der Waals surface area contributed by atoms with Crippen LogP contribution in [0.5, 0.6) is 0 Å². The van der Waals surface area contributed by atoms with Gasteiger partial charge in [0.2, 0.25) is 0 Å². The molecule has 0 spiro atoms. The van der Waals surface area contributed by atoms with Crippen molar-refractivity contribution in [2.75, 3.05) is 18.5 Å². The van der Waals surface area contributed by atoms with Crippen LogP contribution in [0.1, 0.15) is 18.4 Å². The molecule has 1 N–H and O–H groups in total. The Labute approximate surface area is 159 Å². The van der Waals surface area contributed by atoms with Gasteiger partial charge in [-0.25, -0.2) is 8.99 Å². The lowest BCUT2D eigenvalue weighted by molar-refractivity contribution is -0.0406. The van der Waals surface area contributed by atoms with Crippen LogP contribution in [0.4, 0.5) is 18.9 Å². The molecular weight excluding hydrogens is 429 g/mol. The Bertz CT molecular complexity index is 890. The Kier molecular flexibility index (Phi) is 4.85. The predicted molar refractivity (Wildman–Crippen MR) is 99.9 cm³/mol. The summed E-state index contributed by atoms with van der Waals surface area (Å²) in [5, 5.41) is 0. The molecule has 0 aromatic heterocycles. The van der Waals surface area contributed by atoms with Gasteiger partial charge in [-0.2, -0.15) is 13.2 Å². The summed E-state index contributed by atoms with van der Waals surface area (Å²) in [5.74, 6) is 0. The van der Waals surface area contributed by atoms with Gasteiger partial charge in [-0.15, -0.1) is 0 Å². The van der Waals surface area contributed by atoms with Gasteiger partial charge >= 0.3 is 5.51 Å². The van der Waals surface area contributed by atoms with Crippen LogP contribution in [0, 0.1) is 4.78 Å². The first-order chi connectivity index (χ1) is 12.1. The van der Waals surface area contributed by atoms with Gasteiger partial charge in [0.1, 0.15) is 0 Å². The highest BCUT2D eigenvalue weighted by Gasteiger charge is 2.45. The van der Waals surface area contributed by atoms with E-state index in [4.69, 9.17) is 4.78 Å². The summed E-state index contributed by atoms with van der Waals surface area (Å²) in [7, 11) is -2.93.